The van der Waals surface area contributed by atoms with Gasteiger partial charge in [-0.25, -0.2) is 18.7 Å². The fourth-order valence-electron chi connectivity index (χ4n) is 5.27. The number of aryl methyl sites for hydroxylation is 2. The quantitative estimate of drug-likeness (QED) is 0.605. The highest BCUT2D eigenvalue weighted by molar-refractivity contribution is 5.78. The summed E-state index contributed by atoms with van der Waals surface area (Å²) < 4.78 is 33.1. The van der Waals surface area contributed by atoms with Crippen LogP contribution < -0.4 is 15.0 Å². The van der Waals surface area contributed by atoms with Gasteiger partial charge in [-0.1, -0.05) is 0 Å². The smallest absolute Gasteiger partial charge is 0.172 e. The van der Waals surface area contributed by atoms with Crippen LogP contribution >= 0.6 is 0 Å². The minimum absolute atomic E-state index is 0.0955. The third-order valence-corrected chi connectivity index (χ3v) is 7.68. The highest BCUT2D eigenvalue weighted by Gasteiger charge is 2.29. The van der Waals surface area contributed by atoms with Crippen LogP contribution in [0.25, 0.3) is 0 Å². The van der Waals surface area contributed by atoms with E-state index >= 15 is 0 Å². The molecule has 2 heterocycles. The number of carbonyl (C=O) groups excluding carboxylic acids is 1. The summed E-state index contributed by atoms with van der Waals surface area (Å²) in [4.78, 5) is 24.4. The molecule has 1 saturated carbocycles. The summed E-state index contributed by atoms with van der Waals surface area (Å²) in [6.07, 6.45) is 9.15. The van der Waals surface area contributed by atoms with Gasteiger partial charge in [-0.2, -0.15) is 0 Å². The zero-order chi connectivity index (χ0) is 24.4. The van der Waals surface area contributed by atoms with Crippen molar-refractivity contribution in [1.29, 1.82) is 0 Å². The molecule has 0 spiro atoms. The molecular weight excluding hydrogens is 450 g/mol. The molecule has 1 aliphatic heterocycles. The van der Waals surface area contributed by atoms with Crippen LogP contribution in [-0.4, -0.2) is 41.0 Å². The standard InChI is InChI=1S/C27H34F2N4O2/c1-17(34)18-4-2-7-23-24(10-8-18)32-27(26(31-23)30-20-5-3-6-20)33-14-12-21(13-15-33)35-25-11-9-19(28)16-22(25)29/h9,11,16,18,20-21H,2-8,10,12-15H2,1H3,(H,30,31). The van der Waals surface area contributed by atoms with Crippen LogP contribution in [0, 0.1) is 17.6 Å². The molecule has 8 heteroatoms. The van der Waals surface area contributed by atoms with Gasteiger partial charge in [0.1, 0.15) is 17.7 Å². The molecular formula is C27H34F2N4O2. The maximum absolute atomic E-state index is 14.0. The predicted octanol–water partition coefficient (Wildman–Crippen LogP) is 5.24. The Morgan fingerprint density at radius 1 is 1.00 bits per heavy atom. The summed E-state index contributed by atoms with van der Waals surface area (Å²) in [5.74, 6) is 0.936. The van der Waals surface area contributed by atoms with Gasteiger partial charge in [-0.15, -0.1) is 0 Å². The molecule has 5 rings (SSSR count). The first kappa shape index (κ1) is 23.9. The molecule has 0 bridgehead atoms. The molecule has 2 fully saturated rings. The summed E-state index contributed by atoms with van der Waals surface area (Å²) in [5.41, 5.74) is 2.07. The Hall–Kier alpha value is -2.77. The van der Waals surface area contributed by atoms with E-state index in [9.17, 15) is 13.6 Å². The Morgan fingerprint density at radius 3 is 2.46 bits per heavy atom. The number of carbonyl (C=O) groups is 1. The fraction of sp³-hybridized carbons (Fsp3) is 0.593. The van der Waals surface area contributed by atoms with Gasteiger partial charge in [0.25, 0.3) is 0 Å². The maximum atomic E-state index is 14.0. The number of hydrogen-bond acceptors (Lipinski definition) is 6. The van der Waals surface area contributed by atoms with E-state index in [-0.39, 0.29) is 23.6 Å². The van der Waals surface area contributed by atoms with Gasteiger partial charge in [0.05, 0.1) is 11.4 Å². The Balaban J connectivity index is 1.32. The first-order valence-corrected chi connectivity index (χ1v) is 13.0. The van der Waals surface area contributed by atoms with Crippen molar-refractivity contribution in [3.05, 3.63) is 41.2 Å². The van der Waals surface area contributed by atoms with Gasteiger partial charge in [-0.05, 0) is 70.4 Å². The lowest BCUT2D eigenvalue weighted by atomic mass is 9.89. The normalized spacial score (nSPS) is 21.5. The van der Waals surface area contributed by atoms with Crippen LogP contribution in [0.1, 0.15) is 69.7 Å². The molecule has 2 aliphatic carbocycles. The molecule has 1 N–H and O–H groups in total. The average molecular weight is 485 g/mol. The van der Waals surface area contributed by atoms with Crippen molar-refractivity contribution in [2.45, 2.75) is 83.3 Å². The molecule has 188 valence electrons. The molecule has 6 nitrogen and oxygen atoms in total. The Bertz CT molecular complexity index is 1070. The summed E-state index contributed by atoms with van der Waals surface area (Å²) in [5, 5.41) is 3.64. The van der Waals surface area contributed by atoms with E-state index in [0.29, 0.717) is 18.9 Å². The number of nitrogens with one attached hydrogen (secondary N) is 1. The lowest BCUT2D eigenvalue weighted by Gasteiger charge is -2.35. The topological polar surface area (TPSA) is 67.4 Å². The number of piperidine rings is 1. The van der Waals surface area contributed by atoms with Gasteiger partial charge in [-0.3, -0.25) is 4.79 Å². The number of halogens is 2. The minimum atomic E-state index is -0.671. The SMILES string of the molecule is CC(=O)C1CCCc2nc(NC3CCC3)c(N3CCC(Oc4ccc(F)cc4F)CC3)nc2CC1. The predicted molar refractivity (Wildman–Crippen MR) is 131 cm³/mol. The first-order valence-electron chi connectivity index (χ1n) is 13.0. The molecule has 2 aromatic rings. The van der Waals surface area contributed by atoms with Crippen molar-refractivity contribution < 1.29 is 18.3 Å². The lowest BCUT2D eigenvalue weighted by Crippen LogP contribution is -2.40. The highest BCUT2D eigenvalue weighted by atomic mass is 19.1. The minimum Gasteiger partial charge on any atom is -0.487 e. The van der Waals surface area contributed by atoms with Crippen LogP contribution in [0.15, 0.2) is 18.2 Å². The summed E-state index contributed by atoms with van der Waals surface area (Å²) in [6.45, 7) is 3.13. The Morgan fingerprint density at radius 2 is 1.77 bits per heavy atom. The van der Waals surface area contributed by atoms with Crippen molar-refractivity contribution in [1.82, 2.24) is 9.97 Å². The van der Waals surface area contributed by atoms with E-state index in [1.807, 2.05) is 0 Å². The van der Waals surface area contributed by atoms with E-state index in [0.717, 1.165) is 87.1 Å². The average Bonchev–Trinajstić information content (AvgIpc) is 2.79. The van der Waals surface area contributed by atoms with Gasteiger partial charge in [0.15, 0.2) is 23.2 Å². The van der Waals surface area contributed by atoms with Crippen LogP contribution in [0.4, 0.5) is 20.4 Å². The molecule has 1 saturated heterocycles. The van der Waals surface area contributed by atoms with Crippen LogP contribution in [0.5, 0.6) is 5.75 Å². The molecule has 1 aromatic heterocycles. The number of Topliss-reactive ketones (excluding diaryl/α,β-unsaturated/α-hetero) is 1. The van der Waals surface area contributed by atoms with Crippen LogP contribution in [0.3, 0.4) is 0 Å². The molecule has 35 heavy (non-hydrogen) atoms. The third kappa shape index (κ3) is 5.57. The van der Waals surface area contributed by atoms with Crippen molar-refractivity contribution in [2.24, 2.45) is 5.92 Å². The van der Waals surface area contributed by atoms with Gasteiger partial charge >= 0.3 is 0 Å². The molecule has 1 atom stereocenters. The second-order valence-corrected chi connectivity index (χ2v) is 10.2. The number of ether oxygens (including phenoxy) is 1. The number of anilines is 2. The van der Waals surface area contributed by atoms with Gasteiger partial charge < -0.3 is 15.0 Å². The number of rotatable bonds is 6. The first-order chi connectivity index (χ1) is 17.0. The number of benzene rings is 1. The fourth-order valence-corrected chi connectivity index (χ4v) is 5.27. The number of nitrogens with zero attached hydrogens (tertiary/aromatic N) is 3. The Labute approximate surface area is 205 Å². The summed E-state index contributed by atoms with van der Waals surface area (Å²) >= 11 is 0. The molecule has 0 radical (unpaired) electrons. The number of fused-ring (bicyclic) bond motifs is 1. The Kier molecular flexibility index (Phi) is 7.16. The highest BCUT2D eigenvalue weighted by Crippen LogP contribution is 2.33. The molecule has 1 unspecified atom stereocenters. The van der Waals surface area contributed by atoms with E-state index in [1.165, 1.54) is 18.6 Å². The van der Waals surface area contributed by atoms with E-state index in [4.69, 9.17) is 14.7 Å². The second kappa shape index (κ2) is 10.5. The maximum Gasteiger partial charge on any atom is 0.172 e. The number of ketones is 1. The van der Waals surface area contributed by atoms with Gasteiger partial charge in [0, 0.05) is 44.0 Å². The summed E-state index contributed by atoms with van der Waals surface area (Å²) in [6, 6.07) is 3.87. The lowest BCUT2D eigenvalue weighted by molar-refractivity contribution is -0.121. The zero-order valence-corrected chi connectivity index (χ0v) is 20.4. The van der Waals surface area contributed by atoms with Crippen molar-refractivity contribution in [2.75, 3.05) is 23.3 Å². The summed E-state index contributed by atoms with van der Waals surface area (Å²) in [7, 11) is 0. The number of aromatic nitrogens is 2. The van der Waals surface area contributed by atoms with E-state index < -0.39 is 11.6 Å². The molecule has 3 aliphatic rings. The van der Waals surface area contributed by atoms with E-state index in [1.54, 1.807) is 6.92 Å². The second-order valence-electron chi connectivity index (χ2n) is 10.2. The van der Waals surface area contributed by atoms with E-state index in [2.05, 4.69) is 10.2 Å². The van der Waals surface area contributed by atoms with Crippen molar-refractivity contribution in [3.8, 4) is 5.75 Å². The third-order valence-electron chi connectivity index (χ3n) is 7.68. The van der Waals surface area contributed by atoms with Crippen LogP contribution in [-0.2, 0) is 17.6 Å². The molecule has 0 amide bonds. The largest absolute Gasteiger partial charge is 0.487 e. The van der Waals surface area contributed by atoms with Crippen molar-refractivity contribution in [3.63, 3.8) is 0 Å². The zero-order valence-electron chi connectivity index (χ0n) is 20.4. The van der Waals surface area contributed by atoms with Crippen molar-refractivity contribution >= 4 is 17.4 Å². The monoisotopic (exact) mass is 484 g/mol. The van der Waals surface area contributed by atoms with Crippen LogP contribution in [0.2, 0.25) is 0 Å². The number of hydrogen-bond donors (Lipinski definition) is 1. The van der Waals surface area contributed by atoms with Gasteiger partial charge in [0.2, 0.25) is 0 Å². The molecule has 1 aromatic carbocycles.